The van der Waals surface area contributed by atoms with E-state index in [0.717, 1.165) is 38.3 Å². The number of rotatable bonds is 5. The number of nitrogens with zero attached hydrogens (tertiary/aromatic N) is 3. The first-order valence-electron chi connectivity index (χ1n) is 6.72. The van der Waals surface area contributed by atoms with Gasteiger partial charge in [0, 0.05) is 32.3 Å². The largest absolute Gasteiger partial charge is 0.377 e. The summed E-state index contributed by atoms with van der Waals surface area (Å²) < 4.78 is 5.04. The van der Waals surface area contributed by atoms with E-state index < -0.39 is 0 Å². The number of methoxy groups -OCH3 is 1. The fraction of sp³-hybridized carbons (Fsp3) is 0.692. The van der Waals surface area contributed by atoms with Crippen LogP contribution in [0.1, 0.15) is 25.6 Å². The van der Waals surface area contributed by atoms with E-state index in [9.17, 15) is 0 Å². The van der Waals surface area contributed by atoms with Crippen LogP contribution in [-0.2, 0) is 11.3 Å². The summed E-state index contributed by atoms with van der Waals surface area (Å²) in [5, 5.41) is 3.90. The number of nitrogens with one attached hydrogen (secondary N) is 1. The summed E-state index contributed by atoms with van der Waals surface area (Å²) in [6.45, 7) is 5.98. The number of aromatic nitrogens is 2. The lowest BCUT2D eigenvalue weighted by Gasteiger charge is -2.31. The van der Waals surface area contributed by atoms with E-state index in [4.69, 9.17) is 16.3 Å². The third-order valence-electron chi connectivity index (χ3n) is 3.40. The van der Waals surface area contributed by atoms with E-state index in [-0.39, 0.29) is 0 Å². The van der Waals surface area contributed by atoms with Gasteiger partial charge in [-0.25, -0.2) is 9.97 Å². The van der Waals surface area contributed by atoms with Crippen LogP contribution in [0.15, 0.2) is 6.07 Å². The van der Waals surface area contributed by atoms with Crippen LogP contribution in [0.3, 0.4) is 0 Å². The highest BCUT2D eigenvalue weighted by Gasteiger charge is 2.18. The van der Waals surface area contributed by atoms with Crippen molar-refractivity contribution in [1.82, 2.24) is 14.9 Å². The van der Waals surface area contributed by atoms with Crippen LogP contribution in [0.25, 0.3) is 0 Å². The van der Waals surface area contributed by atoms with Crippen LogP contribution in [0.5, 0.6) is 0 Å². The number of ether oxygens (including phenoxy) is 1. The minimum Gasteiger partial charge on any atom is -0.377 e. The highest BCUT2D eigenvalue weighted by molar-refractivity contribution is 6.29. The van der Waals surface area contributed by atoms with Gasteiger partial charge in [-0.2, -0.15) is 0 Å². The topological polar surface area (TPSA) is 50.3 Å². The molecule has 19 heavy (non-hydrogen) atoms. The molecular formula is C13H21ClN4O. The predicted molar refractivity (Wildman–Crippen MR) is 76.5 cm³/mol. The van der Waals surface area contributed by atoms with Gasteiger partial charge in [-0.15, -0.1) is 0 Å². The van der Waals surface area contributed by atoms with Gasteiger partial charge in [0.25, 0.3) is 0 Å². The highest BCUT2D eigenvalue weighted by atomic mass is 35.5. The zero-order valence-corrected chi connectivity index (χ0v) is 12.3. The maximum atomic E-state index is 5.99. The summed E-state index contributed by atoms with van der Waals surface area (Å²) in [4.78, 5) is 11.0. The fourth-order valence-electron chi connectivity index (χ4n) is 2.33. The average molecular weight is 285 g/mol. The Hall–Kier alpha value is -0.910. The molecule has 0 aliphatic carbocycles. The van der Waals surface area contributed by atoms with Crippen LogP contribution in [0, 0.1) is 0 Å². The van der Waals surface area contributed by atoms with Gasteiger partial charge in [0.1, 0.15) is 17.6 Å². The van der Waals surface area contributed by atoms with Crippen molar-refractivity contribution in [3.63, 3.8) is 0 Å². The van der Waals surface area contributed by atoms with Crippen molar-refractivity contribution < 1.29 is 4.74 Å². The molecule has 0 amide bonds. The molecule has 1 aliphatic heterocycles. The van der Waals surface area contributed by atoms with Gasteiger partial charge in [-0.3, -0.25) is 0 Å². The minimum atomic E-state index is 0.378. The SMILES string of the molecule is CCN1CCC(Nc2cc(Cl)nc(COC)n2)CC1. The third-order valence-corrected chi connectivity index (χ3v) is 3.60. The Morgan fingerprint density at radius 1 is 1.42 bits per heavy atom. The Morgan fingerprint density at radius 3 is 2.79 bits per heavy atom. The predicted octanol–water partition coefficient (Wildman–Crippen LogP) is 2.17. The summed E-state index contributed by atoms with van der Waals surface area (Å²) in [6, 6.07) is 2.23. The van der Waals surface area contributed by atoms with Crippen LogP contribution in [0.4, 0.5) is 5.82 Å². The Bertz CT molecular complexity index is 408. The van der Waals surface area contributed by atoms with Gasteiger partial charge < -0.3 is 15.0 Å². The normalized spacial score (nSPS) is 17.6. The van der Waals surface area contributed by atoms with E-state index in [1.165, 1.54) is 0 Å². The quantitative estimate of drug-likeness (QED) is 0.840. The van der Waals surface area contributed by atoms with E-state index in [1.54, 1.807) is 13.2 Å². The number of anilines is 1. The lowest BCUT2D eigenvalue weighted by atomic mass is 10.1. The van der Waals surface area contributed by atoms with Crippen LogP contribution >= 0.6 is 11.6 Å². The molecule has 0 saturated carbocycles. The molecule has 1 N–H and O–H groups in total. The van der Waals surface area contributed by atoms with E-state index in [1.807, 2.05) is 0 Å². The van der Waals surface area contributed by atoms with E-state index in [2.05, 4.69) is 27.1 Å². The monoisotopic (exact) mass is 284 g/mol. The fourth-order valence-corrected chi connectivity index (χ4v) is 2.54. The average Bonchev–Trinajstić information content (AvgIpc) is 2.39. The van der Waals surface area contributed by atoms with Gasteiger partial charge in [-0.1, -0.05) is 18.5 Å². The first-order valence-corrected chi connectivity index (χ1v) is 7.10. The standard InChI is InChI=1S/C13H21ClN4O/c1-3-18-6-4-10(5-7-18)15-12-8-11(14)16-13(17-12)9-19-2/h8,10H,3-7,9H2,1-2H3,(H,15,16,17). The Balaban J connectivity index is 1.95. The van der Waals surface area contributed by atoms with E-state index >= 15 is 0 Å². The molecule has 1 aromatic heterocycles. The molecule has 0 atom stereocenters. The number of halogens is 1. The molecule has 2 rings (SSSR count). The zero-order valence-electron chi connectivity index (χ0n) is 11.5. The minimum absolute atomic E-state index is 0.378. The summed E-state index contributed by atoms with van der Waals surface area (Å²) >= 11 is 5.99. The second-order valence-electron chi connectivity index (χ2n) is 4.78. The lowest BCUT2D eigenvalue weighted by molar-refractivity contribution is 0.178. The number of hydrogen-bond donors (Lipinski definition) is 1. The van der Waals surface area contributed by atoms with Crippen molar-refractivity contribution in [2.75, 3.05) is 32.1 Å². The number of piperidine rings is 1. The molecule has 0 unspecified atom stereocenters. The molecule has 0 aromatic carbocycles. The molecule has 1 saturated heterocycles. The second-order valence-corrected chi connectivity index (χ2v) is 5.17. The van der Waals surface area contributed by atoms with Crippen LogP contribution in [-0.4, -0.2) is 47.7 Å². The summed E-state index contributed by atoms with van der Waals surface area (Å²) in [5.74, 6) is 1.41. The molecule has 0 bridgehead atoms. The van der Waals surface area contributed by atoms with Crippen LogP contribution < -0.4 is 5.32 Å². The molecule has 2 heterocycles. The maximum Gasteiger partial charge on any atom is 0.158 e. The first kappa shape index (κ1) is 14.5. The van der Waals surface area contributed by atoms with Crippen molar-refractivity contribution in [1.29, 1.82) is 0 Å². The molecule has 106 valence electrons. The molecule has 0 radical (unpaired) electrons. The Kier molecular flexibility index (Phi) is 5.36. The molecule has 1 aromatic rings. The molecule has 0 spiro atoms. The summed E-state index contributed by atoms with van der Waals surface area (Å²) in [5.41, 5.74) is 0. The summed E-state index contributed by atoms with van der Waals surface area (Å²) in [7, 11) is 1.62. The number of hydrogen-bond acceptors (Lipinski definition) is 5. The highest BCUT2D eigenvalue weighted by Crippen LogP contribution is 2.17. The smallest absolute Gasteiger partial charge is 0.158 e. The van der Waals surface area contributed by atoms with E-state index in [0.29, 0.717) is 23.6 Å². The van der Waals surface area contributed by atoms with Crippen molar-refractivity contribution in [2.45, 2.75) is 32.4 Å². The second kappa shape index (κ2) is 7.03. The molecule has 6 heteroatoms. The van der Waals surface area contributed by atoms with Gasteiger partial charge in [0.05, 0.1) is 0 Å². The van der Waals surface area contributed by atoms with Gasteiger partial charge >= 0.3 is 0 Å². The first-order chi connectivity index (χ1) is 9.21. The van der Waals surface area contributed by atoms with Gasteiger partial charge in [-0.05, 0) is 19.4 Å². The Labute approximate surface area is 119 Å². The maximum absolute atomic E-state index is 5.99. The van der Waals surface area contributed by atoms with Gasteiger partial charge in [0.2, 0.25) is 0 Å². The molecule has 1 fully saturated rings. The van der Waals surface area contributed by atoms with Crippen molar-refractivity contribution in [3.8, 4) is 0 Å². The lowest BCUT2D eigenvalue weighted by Crippen LogP contribution is -2.39. The number of likely N-dealkylation sites (tertiary alicyclic amines) is 1. The molecular weight excluding hydrogens is 264 g/mol. The van der Waals surface area contributed by atoms with Crippen molar-refractivity contribution in [3.05, 3.63) is 17.0 Å². The molecule has 5 nitrogen and oxygen atoms in total. The molecule has 1 aliphatic rings. The van der Waals surface area contributed by atoms with Crippen molar-refractivity contribution in [2.24, 2.45) is 0 Å². The summed E-state index contributed by atoms with van der Waals surface area (Å²) in [6.07, 6.45) is 2.27. The van der Waals surface area contributed by atoms with Crippen molar-refractivity contribution >= 4 is 17.4 Å². The van der Waals surface area contributed by atoms with Gasteiger partial charge in [0.15, 0.2) is 5.82 Å². The zero-order chi connectivity index (χ0) is 13.7. The third kappa shape index (κ3) is 4.30. The Morgan fingerprint density at radius 2 is 2.16 bits per heavy atom. The van der Waals surface area contributed by atoms with Crippen LogP contribution in [0.2, 0.25) is 5.15 Å².